The van der Waals surface area contributed by atoms with E-state index in [-0.39, 0.29) is 30.0 Å². The highest BCUT2D eigenvalue weighted by Crippen LogP contribution is 2.34. The molecule has 1 saturated carbocycles. The van der Waals surface area contributed by atoms with Crippen LogP contribution in [0.5, 0.6) is 0 Å². The average molecular weight is 465 g/mol. The van der Waals surface area contributed by atoms with Gasteiger partial charge in [-0.05, 0) is 50.3 Å². The normalized spacial score (nSPS) is 18.9. The van der Waals surface area contributed by atoms with Gasteiger partial charge in [-0.3, -0.25) is 4.79 Å². The fourth-order valence-electron chi connectivity index (χ4n) is 4.40. The Morgan fingerprint density at radius 1 is 1.21 bits per heavy atom. The third-order valence-electron chi connectivity index (χ3n) is 6.35. The van der Waals surface area contributed by atoms with E-state index in [4.69, 9.17) is 5.73 Å². The van der Waals surface area contributed by atoms with Crippen molar-refractivity contribution in [3.63, 3.8) is 0 Å². The zero-order valence-corrected chi connectivity index (χ0v) is 19.0. The number of hydrogen-bond donors (Lipinski definition) is 4. The average Bonchev–Trinajstić information content (AvgIpc) is 2.83. The lowest BCUT2D eigenvalue weighted by Gasteiger charge is -2.25. The molecular formula is C26H29FN4O3. The van der Waals surface area contributed by atoms with Crippen LogP contribution in [0, 0.1) is 12.7 Å². The van der Waals surface area contributed by atoms with Gasteiger partial charge in [0.05, 0.1) is 36.2 Å². The van der Waals surface area contributed by atoms with E-state index in [0.717, 1.165) is 29.7 Å². The van der Waals surface area contributed by atoms with Crippen LogP contribution in [-0.2, 0) is 0 Å². The number of carbonyl (C=O) groups excluding carboxylic acids is 1. The number of nitrogens with zero attached hydrogens (tertiary/aromatic N) is 2. The van der Waals surface area contributed by atoms with Crippen molar-refractivity contribution in [3.05, 3.63) is 76.9 Å². The maximum absolute atomic E-state index is 15.0. The second kappa shape index (κ2) is 10.3. The van der Waals surface area contributed by atoms with Crippen LogP contribution in [0.25, 0.3) is 11.3 Å². The number of nitrogen functional groups attached to an aromatic ring is 1. The molecule has 0 spiro atoms. The van der Waals surface area contributed by atoms with E-state index in [1.165, 1.54) is 12.1 Å². The van der Waals surface area contributed by atoms with Crippen molar-refractivity contribution >= 4 is 11.7 Å². The highest BCUT2D eigenvalue weighted by atomic mass is 19.1. The molecule has 1 aliphatic carbocycles. The van der Waals surface area contributed by atoms with Crippen molar-refractivity contribution in [3.8, 4) is 11.3 Å². The summed E-state index contributed by atoms with van der Waals surface area (Å²) in [5.41, 5.74) is 9.18. The number of aliphatic hydroxyl groups excluding tert-OH is 2. The molecule has 0 unspecified atom stereocenters. The molecule has 1 amide bonds. The molecule has 1 aliphatic rings. The molecule has 5 N–H and O–H groups in total. The maximum Gasteiger partial charge on any atom is 0.254 e. The topological polar surface area (TPSA) is 121 Å². The second-order valence-corrected chi connectivity index (χ2v) is 8.85. The first-order chi connectivity index (χ1) is 16.4. The van der Waals surface area contributed by atoms with Crippen LogP contribution in [0.4, 0.5) is 10.2 Å². The summed E-state index contributed by atoms with van der Waals surface area (Å²) in [5, 5.41) is 22.2. The lowest BCUT2D eigenvalue weighted by Crippen LogP contribution is -2.31. The highest BCUT2D eigenvalue weighted by Gasteiger charge is 2.24. The largest absolute Gasteiger partial charge is 0.394 e. The molecule has 7 nitrogen and oxygen atoms in total. The number of halogens is 1. The Morgan fingerprint density at radius 3 is 2.65 bits per heavy atom. The summed E-state index contributed by atoms with van der Waals surface area (Å²) >= 11 is 0. The van der Waals surface area contributed by atoms with Crippen LogP contribution in [0.1, 0.15) is 64.8 Å². The number of hydrogen-bond acceptors (Lipinski definition) is 6. The van der Waals surface area contributed by atoms with E-state index in [1.807, 2.05) is 25.1 Å². The molecule has 0 saturated heterocycles. The minimum atomic E-state index is -0.719. The number of aromatic nitrogens is 2. The van der Waals surface area contributed by atoms with Crippen molar-refractivity contribution in [2.75, 3.05) is 12.3 Å². The molecule has 1 aromatic heterocycles. The number of aryl methyl sites for hydroxylation is 1. The lowest BCUT2D eigenvalue weighted by molar-refractivity contribution is 0.0912. The molecular weight excluding hydrogens is 435 g/mol. The molecule has 1 fully saturated rings. The zero-order valence-electron chi connectivity index (χ0n) is 19.0. The van der Waals surface area contributed by atoms with Gasteiger partial charge in [-0.1, -0.05) is 35.9 Å². The lowest BCUT2D eigenvalue weighted by atomic mass is 9.85. The van der Waals surface area contributed by atoms with Crippen molar-refractivity contribution < 1.29 is 19.4 Å². The number of benzene rings is 2. The summed E-state index contributed by atoms with van der Waals surface area (Å²) in [6.45, 7) is 1.60. The summed E-state index contributed by atoms with van der Waals surface area (Å²) in [6.07, 6.45) is 4.39. The summed E-state index contributed by atoms with van der Waals surface area (Å²) in [5.74, 6) is -1.00. The molecule has 2 aromatic carbocycles. The minimum Gasteiger partial charge on any atom is -0.394 e. The Balaban J connectivity index is 1.55. The van der Waals surface area contributed by atoms with E-state index in [9.17, 15) is 19.4 Å². The molecule has 34 heavy (non-hydrogen) atoms. The number of rotatable bonds is 6. The van der Waals surface area contributed by atoms with E-state index in [0.29, 0.717) is 24.1 Å². The van der Waals surface area contributed by atoms with Gasteiger partial charge >= 0.3 is 0 Å². The van der Waals surface area contributed by atoms with Crippen LogP contribution in [-0.4, -0.2) is 38.8 Å². The molecule has 178 valence electrons. The molecule has 0 aliphatic heterocycles. The fraction of sp³-hybridized carbons (Fsp3) is 0.346. The SMILES string of the molecule is Cc1cccc([C@@H](CO)NC(=O)c2ccc(-c3nc([C@H]4CC[C@@H](O)CC4)cnc3N)cc2F)c1. The van der Waals surface area contributed by atoms with Gasteiger partial charge in [-0.25, -0.2) is 14.4 Å². The fourth-order valence-corrected chi connectivity index (χ4v) is 4.40. The molecule has 0 bridgehead atoms. The Bertz CT molecular complexity index is 1180. The van der Waals surface area contributed by atoms with E-state index < -0.39 is 17.8 Å². The van der Waals surface area contributed by atoms with Crippen molar-refractivity contribution in [2.24, 2.45) is 0 Å². The zero-order chi connectivity index (χ0) is 24.2. The van der Waals surface area contributed by atoms with Gasteiger partial charge in [0.25, 0.3) is 5.91 Å². The van der Waals surface area contributed by atoms with Crippen LogP contribution in [0.15, 0.2) is 48.7 Å². The first-order valence-electron chi connectivity index (χ1n) is 11.4. The number of nitrogens with two attached hydrogens (primary N) is 1. The molecule has 1 heterocycles. The van der Waals surface area contributed by atoms with Crippen LogP contribution in [0.2, 0.25) is 0 Å². The van der Waals surface area contributed by atoms with Gasteiger partial charge < -0.3 is 21.3 Å². The van der Waals surface area contributed by atoms with Gasteiger partial charge in [0.1, 0.15) is 17.3 Å². The van der Waals surface area contributed by atoms with E-state index >= 15 is 0 Å². The first kappa shape index (κ1) is 23.8. The molecule has 4 rings (SSSR count). The predicted molar refractivity (Wildman–Crippen MR) is 128 cm³/mol. The predicted octanol–water partition coefficient (Wildman–Crippen LogP) is 3.66. The summed E-state index contributed by atoms with van der Waals surface area (Å²) in [6, 6.07) is 11.0. The number of aliphatic hydroxyl groups is 2. The van der Waals surface area contributed by atoms with Gasteiger partial charge in [0.2, 0.25) is 0 Å². The Kier molecular flexibility index (Phi) is 7.19. The highest BCUT2D eigenvalue weighted by molar-refractivity contribution is 5.95. The number of anilines is 1. The Morgan fingerprint density at radius 2 is 1.97 bits per heavy atom. The molecule has 0 radical (unpaired) electrons. The third kappa shape index (κ3) is 5.24. The summed E-state index contributed by atoms with van der Waals surface area (Å²) in [7, 11) is 0. The third-order valence-corrected chi connectivity index (χ3v) is 6.35. The smallest absolute Gasteiger partial charge is 0.254 e. The Hall–Kier alpha value is -3.36. The number of amides is 1. The minimum absolute atomic E-state index is 0.140. The van der Waals surface area contributed by atoms with Gasteiger partial charge in [-0.2, -0.15) is 0 Å². The van der Waals surface area contributed by atoms with Gasteiger partial charge in [0.15, 0.2) is 0 Å². The van der Waals surface area contributed by atoms with Gasteiger partial charge in [-0.15, -0.1) is 0 Å². The van der Waals surface area contributed by atoms with Crippen molar-refractivity contribution in [1.82, 2.24) is 15.3 Å². The van der Waals surface area contributed by atoms with Crippen molar-refractivity contribution in [1.29, 1.82) is 0 Å². The summed E-state index contributed by atoms with van der Waals surface area (Å²) in [4.78, 5) is 21.7. The standard InChI is InChI=1S/C26H29FN4O3/c1-15-3-2-4-17(11-15)23(14-32)31-26(34)20-10-7-18(12-21(20)27)24-25(28)29-13-22(30-24)16-5-8-19(33)9-6-16/h2-4,7,10-13,16,19,23,32-33H,5-6,8-9,14H2,1H3,(H2,28,29)(H,31,34)/t16-,19+,23-/m1/s1. The quantitative estimate of drug-likeness (QED) is 0.442. The van der Waals surface area contributed by atoms with Crippen LogP contribution >= 0.6 is 0 Å². The van der Waals surface area contributed by atoms with E-state index in [1.54, 1.807) is 18.3 Å². The van der Waals surface area contributed by atoms with Crippen LogP contribution in [0.3, 0.4) is 0 Å². The van der Waals surface area contributed by atoms with Crippen LogP contribution < -0.4 is 11.1 Å². The maximum atomic E-state index is 15.0. The van der Waals surface area contributed by atoms with E-state index in [2.05, 4.69) is 15.3 Å². The molecule has 1 atom stereocenters. The van der Waals surface area contributed by atoms with Crippen molar-refractivity contribution in [2.45, 2.75) is 50.7 Å². The number of carbonyl (C=O) groups is 1. The molecule has 8 heteroatoms. The number of nitrogens with one attached hydrogen (secondary N) is 1. The van der Waals surface area contributed by atoms with Gasteiger partial charge in [0, 0.05) is 11.5 Å². The Labute approximate surface area is 197 Å². The second-order valence-electron chi connectivity index (χ2n) is 8.85. The summed E-state index contributed by atoms with van der Waals surface area (Å²) < 4.78 is 15.0. The molecule has 3 aromatic rings. The monoisotopic (exact) mass is 464 g/mol. The first-order valence-corrected chi connectivity index (χ1v) is 11.4.